The van der Waals surface area contributed by atoms with E-state index >= 15 is 0 Å². The molecule has 1 N–H and O–H groups in total. The van der Waals surface area contributed by atoms with Gasteiger partial charge in [-0.15, -0.1) is 11.3 Å². The minimum absolute atomic E-state index is 0.170. The van der Waals surface area contributed by atoms with E-state index in [1.165, 1.54) is 21.9 Å². The number of sulfonamides is 1. The topological polar surface area (TPSA) is 97.2 Å². The summed E-state index contributed by atoms with van der Waals surface area (Å²) in [6.45, 7) is 3.58. The van der Waals surface area contributed by atoms with E-state index in [0.717, 1.165) is 11.4 Å². The second kappa shape index (κ2) is 6.61. The van der Waals surface area contributed by atoms with Crippen molar-refractivity contribution in [2.45, 2.75) is 33.0 Å². The molecule has 0 saturated heterocycles. The molecule has 0 fully saturated rings. The summed E-state index contributed by atoms with van der Waals surface area (Å²) < 4.78 is 26.8. The summed E-state index contributed by atoms with van der Waals surface area (Å²) in [6, 6.07) is 1.85. The predicted molar refractivity (Wildman–Crippen MR) is 90.1 cm³/mol. The third kappa shape index (κ3) is 3.65. The van der Waals surface area contributed by atoms with E-state index < -0.39 is 10.0 Å². The molecule has 1 aliphatic heterocycles. The van der Waals surface area contributed by atoms with E-state index in [-0.39, 0.29) is 5.91 Å². The van der Waals surface area contributed by atoms with E-state index in [1.54, 1.807) is 12.4 Å². The Balaban J connectivity index is 1.69. The van der Waals surface area contributed by atoms with Crippen molar-refractivity contribution in [2.75, 3.05) is 12.8 Å². The Bertz CT molecular complexity index is 856. The third-order valence-corrected chi connectivity index (χ3v) is 6.06. The van der Waals surface area contributed by atoms with Gasteiger partial charge in [0, 0.05) is 13.1 Å². The maximum absolute atomic E-state index is 12.1. The number of aryl methyl sites for hydroxylation is 2. The molecule has 24 heavy (non-hydrogen) atoms. The van der Waals surface area contributed by atoms with E-state index in [9.17, 15) is 13.2 Å². The monoisotopic (exact) mass is 369 g/mol. The van der Waals surface area contributed by atoms with Crippen molar-refractivity contribution in [3.8, 4) is 0 Å². The predicted octanol–water partition coefficient (Wildman–Crippen LogP) is 0.743. The highest BCUT2D eigenvalue weighted by atomic mass is 32.2. The number of hydrogen-bond donors (Lipinski definition) is 1. The Morgan fingerprint density at radius 3 is 2.88 bits per heavy atom. The van der Waals surface area contributed by atoms with Crippen molar-refractivity contribution < 1.29 is 13.2 Å². The van der Waals surface area contributed by atoms with Gasteiger partial charge < -0.3 is 5.32 Å². The lowest BCUT2D eigenvalue weighted by Crippen LogP contribution is -2.29. The van der Waals surface area contributed by atoms with Crippen LogP contribution in [0.5, 0.6) is 0 Å². The van der Waals surface area contributed by atoms with Crippen LogP contribution >= 0.6 is 11.3 Å². The zero-order valence-electron chi connectivity index (χ0n) is 13.5. The molecule has 2 aromatic rings. The standard InChI is InChI=1S/C14H19N5O3S2/c1-10-13(23-9-16-10)14(20)15-7-11-6-12-8-18(24(2,21)22)4-3-5-19(12)17-11/h6,9H,3-5,7-8H2,1-2H3,(H,15,20). The number of amides is 1. The fourth-order valence-electron chi connectivity index (χ4n) is 2.63. The molecule has 0 bridgehead atoms. The lowest BCUT2D eigenvalue weighted by molar-refractivity contribution is 0.0953. The van der Waals surface area contributed by atoms with Gasteiger partial charge in [-0.1, -0.05) is 0 Å². The van der Waals surface area contributed by atoms with Crippen molar-refractivity contribution in [1.82, 2.24) is 24.4 Å². The minimum atomic E-state index is -3.23. The van der Waals surface area contributed by atoms with Gasteiger partial charge in [0.25, 0.3) is 5.91 Å². The highest BCUT2D eigenvalue weighted by molar-refractivity contribution is 7.88. The first-order valence-electron chi connectivity index (χ1n) is 7.53. The Morgan fingerprint density at radius 2 is 2.21 bits per heavy atom. The summed E-state index contributed by atoms with van der Waals surface area (Å²) in [5.41, 5.74) is 3.91. The van der Waals surface area contributed by atoms with Crippen LogP contribution in [0.25, 0.3) is 0 Å². The van der Waals surface area contributed by atoms with Gasteiger partial charge in [0.15, 0.2) is 0 Å². The first-order chi connectivity index (χ1) is 11.3. The maximum atomic E-state index is 12.1. The number of carbonyl (C=O) groups is 1. The minimum Gasteiger partial charge on any atom is -0.346 e. The molecular weight excluding hydrogens is 350 g/mol. The molecule has 2 aromatic heterocycles. The second-order valence-corrected chi connectivity index (χ2v) is 8.59. The molecule has 0 unspecified atom stereocenters. The van der Waals surface area contributed by atoms with Crippen molar-refractivity contribution in [1.29, 1.82) is 0 Å². The first-order valence-corrected chi connectivity index (χ1v) is 10.3. The van der Waals surface area contributed by atoms with Crippen molar-refractivity contribution in [3.05, 3.63) is 33.5 Å². The fourth-order valence-corrected chi connectivity index (χ4v) is 4.18. The van der Waals surface area contributed by atoms with E-state index in [4.69, 9.17) is 0 Å². The Labute approximate surface area is 144 Å². The van der Waals surface area contributed by atoms with Crippen molar-refractivity contribution in [2.24, 2.45) is 0 Å². The van der Waals surface area contributed by atoms with Crippen LogP contribution in [-0.4, -0.2) is 46.2 Å². The summed E-state index contributed by atoms with van der Waals surface area (Å²) in [5.74, 6) is -0.170. The van der Waals surface area contributed by atoms with E-state index in [0.29, 0.717) is 43.2 Å². The molecule has 0 spiro atoms. The number of nitrogens with one attached hydrogen (secondary N) is 1. The van der Waals surface area contributed by atoms with Crippen LogP contribution < -0.4 is 5.32 Å². The molecular formula is C14H19N5O3S2. The summed E-state index contributed by atoms with van der Waals surface area (Å²) in [6.07, 6.45) is 1.94. The first kappa shape index (κ1) is 17.1. The molecule has 0 saturated carbocycles. The Hall–Kier alpha value is -1.78. The van der Waals surface area contributed by atoms with Crippen LogP contribution in [0, 0.1) is 6.92 Å². The van der Waals surface area contributed by atoms with Crippen molar-refractivity contribution >= 4 is 27.3 Å². The average Bonchev–Trinajstić information content (AvgIpc) is 3.04. The van der Waals surface area contributed by atoms with Crippen LogP contribution in [0.2, 0.25) is 0 Å². The highest BCUT2D eigenvalue weighted by Gasteiger charge is 2.23. The zero-order valence-corrected chi connectivity index (χ0v) is 15.2. The number of carbonyl (C=O) groups excluding carboxylic acids is 1. The quantitative estimate of drug-likeness (QED) is 0.857. The van der Waals surface area contributed by atoms with Crippen LogP contribution in [-0.2, 0) is 29.7 Å². The van der Waals surface area contributed by atoms with Crippen LogP contribution in [0.15, 0.2) is 11.6 Å². The van der Waals surface area contributed by atoms with Gasteiger partial charge in [-0.25, -0.2) is 13.4 Å². The lowest BCUT2D eigenvalue weighted by Gasteiger charge is -2.16. The molecule has 0 aromatic carbocycles. The molecule has 1 amide bonds. The van der Waals surface area contributed by atoms with Crippen molar-refractivity contribution in [3.63, 3.8) is 0 Å². The van der Waals surface area contributed by atoms with Crippen LogP contribution in [0.4, 0.5) is 0 Å². The number of aromatic nitrogens is 3. The number of thiazole rings is 1. The summed E-state index contributed by atoms with van der Waals surface area (Å²) in [5, 5.41) is 7.30. The molecule has 0 radical (unpaired) electrons. The second-order valence-electron chi connectivity index (χ2n) is 5.75. The van der Waals surface area contributed by atoms with E-state index in [2.05, 4.69) is 15.4 Å². The van der Waals surface area contributed by atoms with Gasteiger partial charge in [-0.2, -0.15) is 9.40 Å². The van der Waals surface area contributed by atoms with Gasteiger partial charge >= 0.3 is 0 Å². The summed E-state index contributed by atoms with van der Waals surface area (Å²) in [4.78, 5) is 16.8. The van der Waals surface area contributed by atoms with Gasteiger partial charge in [0.1, 0.15) is 4.88 Å². The number of nitrogens with zero attached hydrogens (tertiary/aromatic N) is 4. The molecule has 3 rings (SSSR count). The van der Waals surface area contributed by atoms with E-state index in [1.807, 2.05) is 10.7 Å². The molecule has 0 atom stereocenters. The molecule has 0 aliphatic carbocycles. The number of rotatable bonds is 4. The van der Waals surface area contributed by atoms with Gasteiger partial charge in [-0.3, -0.25) is 9.48 Å². The van der Waals surface area contributed by atoms with Gasteiger partial charge in [0.05, 0.1) is 41.9 Å². The summed E-state index contributed by atoms with van der Waals surface area (Å²) >= 11 is 1.30. The smallest absolute Gasteiger partial charge is 0.263 e. The Morgan fingerprint density at radius 1 is 1.42 bits per heavy atom. The van der Waals surface area contributed by atoms with Gasteiger partial charge in [0.2, 0.25) is 10.0 Å². The molecule has 8 nitrogen and oxygen atoms in total. The molecule has 130 valence electrons. The molecule has 1 aliphatic rings. The maximum Gasteiger partial charge on any atom is 0.263 e. The lowest BCUT2D eigenvalue weighted by atomic mass is 10.3. The average molecular weight is 369 g/mol. The zero-order chi connectivity index (χ0) is 17.3. The summed E-state index contributed by atoms with van der Waals surface area (Å²) in [7, 11) is -3.23. The van der Waals surface area contributed by atoms with Gasteiger partial charge in [-0.05, 0) is 19.4 Å². The number of hydrogen-bond acceptors (Lipinski definition) is 6. The third-order valence-electron chi connectivity index (χ3n) is 3.88. The van der Waals surface area contributed by atoms with Crippen LogP contribution in [0.3, 0.4) is 0 Å². The SMILES string of the molecule is Cc1ncsc1C(=O)NCc1cc2n(n1)CCCN(S(C)(=O)=O)C2. The normalized spacial score (nSPS) is 15.8. The Kier molecular flexibility index (Phi) is 4.70. The largest absolute Gasteiger partial charge is 0.346 e. The van der Waals surface area contributed by atoms with Crippen LogP contribution in [0.1, 0.15) is 33.2 Å². The highest BCUT2D eigenvalue weighted by Crippen LogP contribution is 2.16. The number of fused-ring (bicyclic) bond motifs is 1. The molecule has 3 heterocycles. The fraction of sp³-hybridized carbons (Fsp3) is 0.500. The molecule has 10 heteroatoms.